The molecule has 18 nitrogen and oxygen atoms in total. The summed E-state index contributed by atoms with van der Waals surface area (Å²) in [5, 5.41) is 27.3. The van der Waals surface area contributed by atoms with E-state index >= 15 is 0 Å². The van der Waals surface area contributed by atoms with Crippen LogP contribution >= 0.6 is 23.5 Å². The van der Waals surface area contributed by atoms with Crippen molar-refractivity contribution in [3.8, 4) is 0 Å². The standard InChI is InChI=1S/2C18H18N4O4S.C2HF3O2.HI/c2*1-20-5-3-12(4-6-20)21-7-2-10(15(21)23)8-11-9-27-17-13(19)16(24)22(17)14(11)18(25)26;3-2(4,5)1(6)7;/h2*3-6,8,13,17H,2,7,9,19H2,1H3;(H,6,7);1H/t2*13-,17-;;/m11../s1. The van der Waals surface area contributed by atoms with Crippen LogP contribution in [-0.2, 0) is 47.7 Å². The van der Waals surface area contributed by atoms with E-state index < -0.39 is 48.0 Å². The van der Waals surface area contributed by atoms with Crippen molar-refractivity contribution < 1.29 is 95.2 Å². The molecule has 0 spiro atoms. The third-order valence-corrected chi connectivity index (χ3v) is 12.9. The number of aliphatic carboxylic acids is 3. The number of thioether (sulfide) groups is 2. The van der Waals surface area contributed by atoms with Crippen molar-refractivity contribution in [3.05, 3.63) is 94.9 Å². The molecule has 4 fully saturated rings. The number of allylic oxidation sites excluding steroid dienone is 2. The normalized spacial score (nSPS) is 24.4. The predicted molar refractivity (Wildman–Crippen MR) is 208 cm³/mol. The molecule has 330 valence electrons. The topological polar surface area (TPSA) is 256 Å². The zero-order chi connectivity index (χ0) is 44.7. The van der Waals surface area contributed by atoms with Crippen LogP contribution in [0.1, 0.15) is 12.8 Å². The number of anilines is 2. The van der Waals surface area contributed by atoms with E-state index in [0.29, 0.717) is 59.7 Å². The molecule has 0 radical (unpaired) electrons. The van der Waals surface area contributed by atoms with Gasteiger partial charge in [-0.2, -0.15) is 13.2 Å². The summed E-state index contributed by atoms with van der Waals surface area (Å²) in [5.74, 6) is -5.61. The SMILES string of the molecule is C[n+]1ccc(N2CCC(=CC3=C(C(=O)O)N4C(=O)[C@@H](N)[C@H]4SC3)C2=O)cc1.C[n+]1ccc(N2CCC(=CC3=C(C(=O)O)N4C(=O)[C@@H](N)[C@H]4SC3)C2=O)cc1.O=C([O-])C(F)(F)F.[I-]. The number of nitrogens with two attached hydrogens (primary N) is 2. The Bertz CT molecular complexity index is 2190. The maximum Gasteiger partial charge on any atom is 0.430 e. The number of aromatic nitrogens is 2. The molecule has 2 aromatic rings. The largest absolute Gasteiger partial charge is 1.00 e. The summed E-state index contributed by atoms with van der Waals surface area (Å²) in [7, 11) is 3.80. The molecule has 0 saturated carbocycles. The molecule has 2 aromatic heterocycles. The Morgan fingerprint density at radius 1 is 0.726 bits per heavy atom. The quantitative estimate of drug-likeness (QED) is 0.0928. The molecule has 62 heavy (non-hydrogen) atoms. The number of fused-ring (bicyclic) bond motifs is 2. The zero-order valence-electron chi connectivity index (χ0n) is 32.7. The highest BCUT2D eigenvalue weighted by Crippen LogP contribution is 2.42. The third kappa shape index (κ3) is 9.52. The molecule has 4 atom stereocenters. The van der Waals surface area contributed by atoms with Crippen LogP contribution in [0.3, 0.4) is 0 Å². The van der Waals surface area contributed by atoms with E-state index in [1.54, 1.807) is 22.0 Å². The van der Waals surface area contributed by atoms with Crippen LogP contribution in [0, 0.1) is 0 Å². The Kier molecular flexibility index (Phi) is 14.6. The number of hydrogen-bond acceptors (Lipinski definition) is 12. The van der Waals surface area contributed by atoms with Gasteiger partial charge in [0.15, 0.2) is 24.8 Å². The van der Waals surface area contributed by atoms with Gasteiger partial charge in [-0.25, -0.2) is 18.7 Å². The molecule has 8 rings (SSSR count). The Morgan fingerprint density at radius 2 is 1.05 bits per heavy atom. The second kappa shape index (κ2) is 19.0. The van der Waals surface area contributed by atoms with Crippen molar-refractivity contribution in [2.24, 2.45) is 25.6 Å². The molecule has 6 aliphatic rings. The smallest absolute Gasteiger partial charge is 0.430 e. The molecule has 4 amide bonds. The number of β-lactam (4-membered cyclic amide) rings is 2. The summed E-state index contributed by atoms with van der Waals surface area (Å²) in [6.45, 7) is 1.08. The number of carboxylic acids is 3. The molecule has 0 unspecified atom stereocenters. The van der Waals surface area contributed by atoms with Gasteiger partial charge in [0.05, 0.1) is 11.4 Å². The maximum atomic E-state index is 12.8. The number of rotatable bonds is 6. The molecule has 6 N–H and O–H groups in total. The van der Waals surface area contributed by atoms with Crippen molar-refractivity contribution in [1.82, 2.24) is 9.80 Å². The number of alkyl halides is 3. The van der Waals surface area contributed by atoms with Crippen molar-refractivity contribution in [2.75, 3.05) is 34.4 Å². The van der Waals surface area contributed by atoms with Crippen LogP contribution in [0.25, 0.3) is 0 Å². The lowest BCUT2D eigenvalue weighted by Gasteiger charge is -2.47. The van der Waals surface area contributed by atoms with Gasteiger partial charge in [-0.05, 0) is 36.1 Å². The van der Waals surface area contributed by atoms with E-state index in [1.807, 2.05) is 72.3 Å². The number of pyridine rings is 2. The summed E-state index contributed by atoms with van der Waals surface area (Å²) >= 11 is 2.85. The van der Waals surface area contributed by atoms with Crippen LogP contribution < -0.4 is 59.5 Å². The van der Waals surface area contributed by atoms with Crippen LogP contribution in [0.4, 0.5) is 24.5 Å². The second-order valence-corrected chi connectivity index (χ2v) is 16.4. The van der Waals surface area contributed by atoms with E-state index in [1.165, 1.54) is 33.3 Å². The molecular formula is C38H38F3IN8O10S2. The van der Waals surface area contributed by atoms with Gasteiger partial charge in [0.1, 0.15) is 54.3 Å². The van der Waals surface area contributed by atoms with E-state index in [2.05, 4.69) is 0 Å². The van der Waals surface area contributed by atoms with Gasteiger partial charge in [-0.1, -0.05) is 0 Å². The number of aryl methyl sites for hydroxylation is 2. The minimum atomic E-state index is -5.19. The highest BCUT2D eigenvalue weighted by atomic mass is 127. The monoisotopic (exact) mass is 1010 g/mol. The van der Waals surface area contributed by atoms with Gasteiger partial charge in [0.25, 0.3) is 11.8 Å². The first-order valence-electron chi connectivity index (χ1n) is 18.3. The number of nitrogens with zero attached hydrogens (tertiary/aromatic N) is 6. The number of carbonyl (C=O) groups is 7. The molecule has 4 saturated heterocycles. The van der Waals surface area contributed by atoms with Crippen LogP contribution in [0.2, 0.25) is 0 Å². The first-order valence-corrected chi connectivity index (χ1v) is 20.4. The van der Waals surface area contributed by atoms with E-state index in [-0.39, 0.29) is 57.9 Å². The second-order valence-electron chi connectivity index (χ2n) is 14.2. The molecule has 24 heteroatoms. The Labute approximate surface area is 376 Å². The van der Waals surface area contributed by atoms with Crippen molar-refractivity contribution in [1.29, 1.82) is 0 Å². The summed E-state index contributed by atoms with van der Waals surface area (Å²) in [6.07, 6.45) is 6.59. The molecule has 0 aliphatic carbocycles. The predicted octanol–water partition coefficient (Wildman–Crippen LogP) is -4.19. The van der Waals surface area contributed by atoms with Gasteiger partial charge in [0, 0.05) is 60.0 Å². The zero-order valence-corrected chi connectivity index (χ0v) is 36.4. The average molecular weight is 1010 g/mol. The average Bonchev–Trinajstić information content (AvgIpc) is 3.77. The number of carboxylic acid groups (broad SMARTS) is 3. The number of carbonyl (C=O) groups excluding carboxylic acids is 5. The van der Waals surface area contributed by atoms with Gasteiger partial charge in [0.2, 0.25) is 11.8 Å². The third-order valence-electron chi connectivity index (χ3n) is 10.2. The molecule has 8 heterocycles. The van der Waals surface area contributed by atoms with Gasteiger partial charge < -0.3 is 65.4 Å². The lowest BCUT2D eigenvalue weighted by Crippen LogP contribution is -3.00. The lowest BCUT2D eigenvalue weighted by atomic mass is 10.0. The van der Waals surface area contributed by atoms with Crippen molar-refractivity contribution in [2.45, 2.75) is 41.8 Å². The summed E-state index contributed by atoms with van der Waals surface area (Å²) in [4.78, 5) is 87.7. The summed E-state index contributed by atoms with van der Waals surface area (Å²) < 4.78 is 35.3. The van der Waals surface area contributed by atoms with E-state index in [0.717, 1.165) is 11.4 Å². The fourth-order valence-corrected chi connectivity index (χ4v) is 9.56. The summed E-state index contributed by atoms with van der Waals surface area (Å²) in [5.41, 5.74) is 15.1. The maximum absolute atomic E-state index is 12.8. The number of amides is 4. The van der Waals surface area contributed by atoms with Crippen LogP contribution in [0.5, 0.6) is 0 Å². The number of halogens is 4. The van der Waals surface area contributed by atoms with E-state index in [4.69, 9.17) is 21.4 Å². The van der Waals surface area contributed by atoms with E-state index in [9.17, 15) is 52.2 Å². The first kappa shape index (κ1) is 47.7. The van der Waals surface area contributed by atoms with Crippen molar-refractivity contribution >= 4 is 76.4 Å². The minimum Gasteiger partial charge on any atom is -1.00 e. The molecule has 6 aliphatic heterocycles. The van der Waals surface area contributed by atoms with Crippen LogP contribution in [-0.4, -0.2) is 115 Å². The number of hydrogen-bond donors (Lipinski definition) is 4. The van der Waals surface area contributed by atoms with Gasteiger partial charge >= 0.3 is 18.1 Å². The Hall–Kier alpha value is -5.31. The first-order chi connectivity index (χ1) is 28.7. The minimum absolute atomic E-state index is 0. The van der Waals surface area contributed by atoms with Crippen molar-refractivity contribution in [3.63, 3.8) is 0 Å². The summed E-state index contributed by atoms with van der Waals surface area (Å²) in [6, 6.07) is 6.13. The molecule has 0 aromatic carbocycles. The highest BCUT2D eigenvalue weighted by molar-refractivity contribution is 8.00. The fraction of sp³-hybridized carbons (Fsp3) is 0.342. The van der Waals surface area contributed by atoms with Crippen LogP contribution in [0.15, 0.2) is 94.9 Å². The Balaban J connectivity index is 0.000000201. The lowest BCUT2D eigenvalue weighted by molar-refractivity contribution is -0.671. The van der Waals surface area contributed by atoms with Gasteiger partial charge in [-0.15, -0.1) is 23.5 Å². The Morgan fingerprint density at radius 3 is 1.34 bits per heavy atom. The molecular weight excluding hydrogens is 976 g/mol. The molecule has 0 bridgehead atoms. The van der Waals surface area contributed by atoms with Gasteiger partial charge in [-0.3, -0.25) is 29.0 Å². The fourth-order valence-electron chi connectivity index (χ4n) is 7.06. The highest BCUT2D eigenvalue weighted by Gasteiger charge is 2.53.